The third kappa shape index (κ3) is 6.46. The molecule has 10 heteroatoms. The second-order valence-corrected chi connectivity index (χ2v) is 9.31. The van der Waals surface area contributed by atoms with Crippen LogP contribution in [-0.2, 0) is 14.8 Å². The van der Waals surface area contributed by atoms with Gasteiger partial charge in [0.2, 0.25) is 15.9 Å². The number of hydrogen-bond acceptors (Lipinski definition) is 6. The molecule has 2 N–H and O–H groups in total. The lowest BCUT2D eigenvalue weighted by Gasteiger charge is -2.20. The predicted octanol–water partition coefficient (Wildman–Crippen LogP) is 1.05. The number of carbonyl (C=O) groups excluding carboxylic acids is 2. The van der Waals surface area contributed by atoms with E-state index in [1.54, 1.807) is 20.8 Å². The molecule has 0 aliphatic heterocycles. The highest BCUT2D eigenvalue weighted by Gasteiger charge is 2.18. The number of sulfonamides is 1. The van der Waals surface area contributed by atoms with E-state index in [-0.39, 0.29) is 10.6 Å². The van der Waals surface area contributed by atoms with Gasteiger partial charge in [-0.25, -0.2) is 22.5 Å². The molecule has 8 nitrogen and oxygen atoms in total. The van der Waals surface area contributed by atoms with Crippen LogP contribution in [0.15, 0.2) is 28.3 Å². The smallest absolute Gasteiger partial charge is 0.321 e. The highest BCUT2D eigenvalue weighted by atomic mass is 32.2. The topological polar surface area (TPSA) is 108 Å². The molecule has 1 heterocycles. The molecule has 3 amide bonds. The van der Waals surface area contributed by atoms with Crippen LogP contribution in [0.4, 0.5) is 4.79 Å². The van der Waals surface area contributed by atoms with Crippen LogP contribution in [0, 0.1) is 0 Å². The average molecular weight is 374 g/mol. The van der Waals surface area contributed by atoms with Crippen molar-refractivity contribution >= 4 is 33.7 Å². The number of amides is 3. The highest BCUT2D eigenvalue weighted by molar-refractivity contribution is 7.99. The normalized spacial score (nSPS) is 12.1. The molecule has 0 radical (unpaired) electrons. The number of nitrogens with zero attached hydrogens (tertiary/aromatic N) is 2. The molecule has 0 unspecified atom stereocenters. The van der Waals surface area contributed by atoms with Gasteiger partial charge >= 0.3 is 6.03 Å². The number of rotatable bonds is 5. The van der Waals surface area contributed by atoms with Gasteiger partial charge in [0, 0.05) is 25.8 Å². The van der Waals surface area contributed by atoms with Crippen molar-refractivity contribution < 1.29 is 18.0 Å². The maximum absolute atomic E-state index is 11.9. The third-order valence-electron chi connectivity index (χ3n) is 2.58. The first kappa shape index (κ1) is 20.4. The Morgan fingerprint density at radius 2 is 1.88 bits per heavy atom. The summed E-state index contributed by atoms with van der Waals surface area (Å²) in [6.45, 7) is 5.41. The molecule has 0 saturated carbocycles. The van der Waals surface area contributed by atoms with Crippen molar-refractivity contribution in [1.82, 2.24) is 19.9 Å². The highest BCUT2D eigenvalue weighted by Crippen LogP contribution is 2.18. The van der Waals surface area contributed by atoms with Gasteiger partial charge < -0.3 is 5.32 Å². The Bertz CT molecular complexity index is 694. The van der Waals surface area contributed by atoms with Crippen LogP contribution in [0.25, 0.3) is 0 Å². The van der Waals surface area contributed by atoms with Crippen molar-refractivity contribution in [3.8, 4) is 0 Å². The zero-order valence-corrected chi connectivity index (χ0v) is 15.9. The second kappa shape index (κ2) is 7.95. The average Bonchev–Trinajstić information content (AvgIpc) is 2.43. The van der Waals surface area contributed by atoms with E-state index in [4.69, 9.17) is 0 Å². The molecule has 0 bridgehead atoms. The van der Waals surface area contributed by atoms with Crippen LogP contribution in [0.2, 0.25) is 0 Å². The van der Waals surface area contributed by atoms with Crippen LogP contribution >= 0.6 is 11.8 Å². The summed E-state index contributed by atoms with van der Waals surface area (Å²) in [6.07, 6.45) is 1.24. The van der Waals surface area contributed by atoms with Crippen molar-refractivity contribution in [2.75, 3.05) is 19.8 Å². The molecule has 1 rings (SSSR count). The fourth-order valence-electron chi connectivity index (χ4n) is 1.49. The van der Waals surface area contributed by atoms with Crippen LogP contribution < -0.4 is 10.6 Å². The van der Waals surface area contributed by atoms with Crippen molar-refractivity contribution in [2.45, 2.75) is 36.2 Å². The summed E-state index contributed by atoms with van der Waals surface area (Å²) in [5.41, 5.74) is -0.438. The van der Waals surface area contributed by atoms with E-state index in [1.807, 2.05) is 0 Å². The number of imide groups is 1. The Labute approximate surface area is 146 Å². The lowest BCUT2D eigenvalue weighted by molar-refractivity contribution is -0.117. The van der Waals surface area contributed by atoms with E-state index in [0.717, 1.165) is 16.1 Å². The quantitative estimate of drug-likeness (QED) is 0.746. The van der Waals surface area contributed by atoms with Gasteiger partial charge in [-0.3, -0.25) is 10.1 Å². The number of hydrogen-bond donors (Lipinski definition) is 2. The molecule has 1 aromatic rings. The van der Waals surface area contributed by atoms with Crippen LogP contribution in [0.1, 0.15) is 20.8 Å². The Balaban J connectivity index is 2.57. The molecular formula is C14H22N4O4S2. The molecule has 1 aromatic heterocycles. The SMILES string of the molecule is CN(C)S(=O)(=O)c1ccc(SCC(=O)NC(=O)NC(C)(C)C)nc1. The first-order chi connectivity index (χ1) is 10.9. The van der Waals surface area contributed by atoms with E-state index in [2.05, 4.69) is 15.6 Å². The lowest BCUT2D eigenvalue weighted by atomic mass is 10.1. The Morgan fingerprint density at radius 3 is 2.33 bits per heavy atom. The maximum atomic E-state index is 11.9. The molecule has 0 aliphatic rings. The lowest BCUT2D eigenvalue weighted by Crippen LogP contribution is -2.48. The van der Waals surface area contributed by atoms with Crippen molar-refractivity contribution in [2.24, 2.45) is 0 Å². The number of carbonyl (C=O) groups is 2. The minimum atomic E-state index is -3.53. The predicted molar refractivity (Wildman–Crippen MR) is 92.3 cm³/mol. The summed E-state index contributed by atoms with van der Waals surface area (Å²) in [6, 6.07) is 2.38. The Morgan fingerprint density at radius 1 is 1.25 bits per heavy atom. The summed E-state index contributed by atoms with van der Waals surface area (Å²) in [7, 11) is -0.658. The van der Waals surface area contributed by atoms with Gasteiger partial charge in [-0.2, -0.15) is 0 Å². The van der Waals surface area contributed by atoms with Gasteiger partial charge in [0.15, 0.2) is 0 Å². The molecule has 0 atom stereocenters. The van der Waals surface area contributed by atoms with Gasteiger partial charge in [0.25, 0.3) is 0 Å². The second-order valence-electron chi connectivity index (χ2n) is 6.16. The zero-order chi connectivity index (χ0) is 18.5. The minimum Gasteiger partial charge on any atom is -0.333 e. The Kier molecular flexibility index (Phi) is 6.76. The minimum absolute atomic E-state index is 0.00958. The number of pyridine rings is 1. The first-order valence-electron chi connectivity index (χ1n) is 7.05. The van der Waals surface area contributed by atoms with Crippen molar-refractivity contribution in [1.29, 1.82) is 0 Å². The van der Waals surface area contributed by atoms with Gasteiger partial charge in [0.05, 0.1) is 10.8 Å². The zero-order valence-electron chi connectivity index (χ0n) is 14.3. The molecule has 0 saturated heterocycles. The number of nitrogens with one attached hydrogen (secondary N) is 2. The summed E-state index contributed by atoms with van der Waals surface area (Å²) < 4.78 is 24.9. The van der Waals surface area contributed by atoms with E-state index in [9.17, 15) is 18.0 Å². The monoisotopic (exact) mass is 374 g/mol. The Hall–Kier alpha value is -1.65. The standard InChI is InChI=1S/C14H22N4O4S2/c1-14(2,3)17-13(20)16-11(19)9-23-12-7-6-10(8-15-12)24(21,22)18(4)5/h6-8H,9H2,1-5H3,(H2,16,17,19,20). The van der Waals surface area contributed by atoms with Gasteiger partial charge in [-0.15, -0.1) is 0 Å². The third-order valence-corrected chi connectivity index (χ3v) is 5.32. The number of thioether (sulfide) groups is 1. The molecule has 0 fully saturated rings. The van der Waals surface area contributed by atoms with Crippen LogP contribution in [-0.4, -0.2) is 55.0 Å². The van der Waals surface area contributed by atoms with E-state index in [1.165, 1.54) is 32.4 Å². The molecular weight excluding hydrogens is 352 g/mol. The molecule has 0 aliphatic carbocycles. The summed E-state index contributed by atoms with van der Waals surface area (Å²) in [5.74, 6) is -0.474. The molecule has 134 valence electrons. The van der Waals surface area contributed by atoms with Crippen molar-refractivity contribution in [3.63, 3.8) is 0 Å². The molecule has 0 spiro atoms. The number of aromatic nitrogens is 1. The first-order valence-corrected chi connectivity index (χ1v) is 9.48. The number of urea groups is 1. The molecule has 0 aromatic carbocycles. The van der Waals surface area contributed by atoms with Gasteiger partial charge in [-0.05, 0) is 32.9 Å². The van der Waals surface area contributed by atoms with E-state index >= 15 is 0 Å². The van der Waals surface area contributed by atoms with Gasteiger partial charge in [0.1, 0.15) is 4.90 Å². The van der Waals surface area contributed by atoms with Gasteiger partial charge in [-0.1, -0.05) is 11.8 Å². The largest absolute Gasteiger partial charge is 0.333 e. The van der Waals surface area contributed by atoms with Crippen molar-refractivity contribution in [3.05, 3.63) is 18.3 Å². The fourth-order valence-corrected chi connectivity index (χ4v) is 2.98. The molecule has 24 heavy (non-hydrogen) atoms. The van der Waals surface area contributed by atoms with Crippen LogP contribution in [0.3, 0.4) is 0 Å². The maximum Gasteiger partial charge on any atom is 0.321 e. The van der Waals surface area contributed by atoms with Crippen LogP contribution in [0.5, 0.6) is 0 Å². The van der Waals surface area contributed by atoms with E-state index in [0.29, 0.717) is 5.03 Å². The summed E-state index contributed by atoms with van der Waals surface area (Å²) in [4.78, 5) is 27.4. The fraction of sp³-hybridized carbons (Fsp3) is 0.500. The summed E-state index contributed by atoms with van der Waals surface area (Å²) in [5, 5.41) is 5.32. The summed E-state index contributed by atoms with van der Waals surface area (Å²) >= 11 is 1.10. The van der Waals surface area contributed by atoms with E-state index < -0.39 is 27.5 Å².